The Morgan fingerprint density at radius 1 is 1.47 bits per heavy atom. The fourth-order valence-corrected chi connectivity index (χ4v) is 1.57. The van der Waals surface area contributed by atoms with Crippen LogP contribution in [0.5, 0.6) is 0 Å². The van der Waals surface area contributed by atoms with Crippen molar-refractivity contribution in [2.75, 3.05) is 11.9 Å². The third kappa shape index (κ3) is 2.62. The average Bonchev–Trinajstić information content (AvgIpc) is 2.81. The van der Waals surface area contributed by atoms with E-state index < -0.39 is 0 Å². The summed E-state index contributed by atoms with van der Waals surface area (Å²) in [5, 5.41) is 0. The predicted octanol–water partition coefficient (Wildman–Crippen LogP) is 1.47. The zero-order valence-electron chi connectivity index (χ0n) is 10.1. The van der Waals surface area contributed by atoms with Gasteiger partial charge in [-0.2, -0.15) is 0 Å². The molecule has 0 radical (unpaired) electrons. The highest BCUT2D eigenvalue weighted by Crippen LogP contribution is 2.12. The van der Waals surface area contributed by atoms with E-state index in [1.807, 2.05) is 31.0 Å². The summed E-state index contributed by atoms with van der Waals surface area (Å²) in [4.78, 5) is 10.6. The average molecular weight is 232 g/mol. The van der Waals surface area contributed by atoms with Gasteiger partial charge in [0.05, 0.1) is 12.8 Å². The number of nitrogens with two attached hydrogens (primary N) is 1. The van der Waals surface area contributed by atoms with Gasteiger partial charge in [0.25, 0.3) is 0 Å². The van der Waals surface area contributed by atoms with Crippen LogP contribution in [-0.4, -0.2) is 17.0 Å². The van der Waals surface area contributed by atoms with E-state index in [0.717, 1.165) is 17.0 Å². The number of nitrogens with zero attached hydrogens (tertiary/aromatic N) is 3. The molecule has 2 N–H and O–H groups in total. The molecule has 0 amide bonds. The zero-order chi connectivity index (χ0) is 12.3. The van der Waals surface area contributed by atoms with Crippen molar-refractivity contribution in [2.24, 2.45) is 5.73 Å². The lowest BCUT2D eigenvalue weighted by molar-refractivity contribution is 0.506. The molecule has 90 valence electrons. The molecule has 0 aliphatic rings. The maximum Gasteiger partial charge on any atom is 0.225 e. The van der Waals surface area contributed by atoms with E-state index in [0.29, 0.717) is 19.0 Å². The molecule has 2 aromatic rings. The van der Waals surface area contributed by atoms with Crippen LogP contribution < -0.4 is 10.6 Å². The maximum atomic E-state index is 5.58. The number of hydrogen-bond acceptors (Lipinski definition) is 5. The minimum Gasteiger partial charge on any atom is -0.467 e. The van der Waals surface area contributed by atoms with E-state index in [-0.39, 0.29) is 0 Å². The highest BCUT2D eigenvalue weighted by Gasteiger charge is 2.08. The van der Waals surface area contributed by atoms with E-state index in [1.165, 1.54) is 0 Å². The van der Waals surface area contributed by atoms with Crippen molar-refractivity contribution in [1.29, 1.82) is 0 Å². The van der Waals surface area contributed by atoms with Crippen molar-refractivity contribution in [1.82, 2.24) is 9.97 Å². The van der Waals surface area contributed by atoms with Gasteiger partial charge in [-0.25, -0.2) is 9.97 Å². The van der Waals surface area contributed by atoms with Gasteiger partial charge in [-0.05, 0) is 19.1 Å². The van der Waals surface area contributed by atoms with Crippen LogP contribution in [-0.2, 0) is 13.1 Å². The predicted molar refractivity (Wildman–Crippen MR) is 65.5 cm³/mol. The number of aryl methyl sites for hydroxylation is 1. The molecule has 0 atom stereocenters. The van der Waals surface area contributed by atoms with Crippen molar-refractivity contribution in [3.8, 4) is 0 Å². The summed E-state index contributed by atoms with van der Waals surface area (Å²) < 4.78 is 5.28. The fraction of sp³-hybridized carbons (Fsp3) is 0.333. The molecule has 0 saturated heterocycles. The monoisotopic (exact) mass is 232 g/mol. The zero-order valence-corrected chi connectivity index (χ0v) is 10.1. The molecule has 2 rings (SSSR count). The summed E-state index contributed by atoms with van der Waals surface area (Å²) in [5.74, 6) is 1.56. The molecule has 0 aromatic carbocycles. The summed E-state index contributed by atoms with van der Waals surface area (Å²) in [6.07, 6.45) is 3.43. The molecule has 0 aliphatic carbocycles. The van der Waals surface area contributed by atoms with Gasteiger partial charge in [-0.15, -0.1) is 0 Å². The first-order valence-corrected chi connectivity index (χ1v) is 5.47. The van der Waals surface area contributed by atoms with Gasteiger partial charge in [0.2, 0.25) is 5.95 Å². The summed E-state index contributed by atoms with van der Waals surface area (Å²) in [6.45, 7) is 3.05. The maximum absolute atomic E-state index is 5.58. The third-order valence-corrected chi connectivity index (χ3v) is 2.60. The number of furan rings is 1. The van der Waals surface area contributed by atoms with Gasteiger partial charge in [0.15, 0.2) is 0 Å². The van der Waals surface area contributed by atoms with Crippen LogP contribution in [0.4, 0.5) is 5.95 Å². The molecule has 0 fully saturated rings. The van der Waals surface area contributed by atoms with E-state index in [2.05, 4.69) is 9.97 Å². The third-order valence-electron chi connectivity index (χ3n) is 2.60. The van der Waals surface area contributed by atoms with Crippen molar-refractivity contribution < 1.29 is 4.42 Å². The van der Waals surface area contributed by atoms with Crippen molar-refractivity contribution in [3.63, 3.8) is 0 Å². The summed E-state index contributed by atoms with van der Waals surface area (Å²) in [5.41, 5.74) is 7.47. The lowest BCUT2D eigenvalue weighted by atomic mass is 10.2. The number of aromatic nitrogens is 2. The topological polar surface area (TPSA) is 68.2 Å². The number of anilines is 1. The molecule has 0 unspecified atom stereocenters. The minimum atomic E-state index is 0.466. The Morgan fingerprint density at radius 3 is 2.88 bits per heavy atom. The smallest absolute Gasteiger partial charge is 0.225 e. The Morgan fingerprint density at radius 2 is 2.29 bits per heavy atom. The van der Waals surface area contributed by atoms with E-state index in [4.69, 9.17) is 10.2 Å². The molecule has 17 heavy (non-hydrogen) atoms. The van der Waals surface area contributed by atoms with Crippen molar-refractivity contribution in [2.45, 2.75) is 20.0 Å². The molecule has 0 saturated carbocycles. The second-order valence-electron chi connectivity index (χ2n) is 3.92. The second-order valence-corrected chi connectivity index (χ2v) is 3.92. The van der Waals surface area contributed by atoms with E-state index in [9.17, 15) is 0 Å². The molecule has 5 nitrogen and oxygen atoms in total. The lowest BCUT2D eigenvalue weighted by Crippen LogP contribution is -2.19. The van der Waals surface area contributed by atoms with Crippen LogP contribution in [0.15, 0.2) is 29.0 Å². The molecule has 5 heteroatoms. The lowest BCUT2D eigenvalue weighted by Gasteiger charge is -2.16. The Kier molecular flexibility index (Phi) is 3.39. The van der Waals surface area contributed by atoms with Crippen LogP contribution in [0, 0.1) is 6.92 Å². The van der Waals surface area contributed by atoms with Gasteiger partial charge in [-0.3, -0.25) is 0 Å². The summed E-state index contributed by atoms with van der Waals surface area (Å²) >= 11 is 0. The number of rotatable bonds is 4. The van der Waals surface area contributed by atoms with Crippen LogP contribution in [0.25, 0.3) is 0 Å². The first-order chi connectivity index (χ1) is 8.20. The Bertz CT molecular complexity index is 481. The Hall–Kier alpha value is -1.88. The summed E-state index contributed by atoms with van der Waals surface area (Å²) in [7, 11) is 1.93. The molecule has 2 heterocycles. The quantitative estimate of drug-likeness (QED) is 0.864. The molecular formula is C12H16N4O. The van der Waals surface area contributed by atoms with Crippen molar-refractivity contribution >= 4 is 5.95 Å². The van der Waals surface area contributed by atoms with Crippen molar-refractivity contribution in [3.05, 3.63) is 41.6 Å². The van der Waals surface area contributed by atoms with E-state index in [1.54, 1.807) is 12.5 Å². The SMILES string of the molecule is Cc1nc(N(C)Cc2ccco2)ncc1CN. The van der Waals surface area contributed by atoms with Crippen LogP contribution in [0.1, 0.15) is 17.0 Å². The molecule has 2 aromatic heterocycles. The Balaban J connectivity index is 2.14. The molecular weight excluding hydrogens is 216 g/mol. The van der Waals surface area contributed by atoms with Crippen LogP contribution >= 0.6 is 0 Å². The highest BCUT2D eigenvalue weighted by molar-refractivity contribution is 5.32. The van der Waals surface area contributed by atoms with Gasteiger partial charge in [-0.1, -0.05) is 0 Å². The summed E-state index contributed by atoms with van der Waals surface area (Å²) in [6, 6.07) is 3.80. The van der Waals surface area contributed by atoms with Crippen LogP contribution in [0.2, 0.25) is 0 Å². The largest absolute Gasteiger partial charge is 0.467 e. The highest BCUT2D eigenvalue weighted by atomic mass is 16.3. The Labute approximate surface area is 100 Å². The van der Waals surface area contributed by atoms with Gasteiger partial charge in [0, 0.05) is 31.0 Å². The minimum absolute atomic E-state index is 0.466. The first-order valence-electron chi connectivity index (χ1n) is 5.47. The van der Waals surface area contributed by atoms with Gasteiger partial charge < -0.3 is 15.1 Å². The molecule has 0 aliphatic heterocycles. The van der Waals surface area contributed by atoms with Gasteiger partial charge in [0.1, 0.15) is 5.76 Å². The molecule has 0 bridgehead atoms. The number of hydrogen-bond donors (Lipinski definition) is 1. The van der Waals surface area contributed by atoms with Gasteiger partial charge >= 0.3 is 0 Å². The molecule has 0 spiro atoms. The standard InChI is InChI=1S/C12H16N4O/c1-9-10(6-13)7-14-12(15-9)16(2)8-11-4-3-5-17-11/h3-5,7H,6,8,13H2,1-2H3. The van der Waals surface area contributed by atoms with Crippen LogP contribution in [0.3, 0.4) is 0 Å². The van der Waals surface area contributed by atoms with E-state index >= 15 is 0 Å². The fourth-order valence-electron chi connectivity index (χ4n) is 1.57. The normalized spacial score (nSPS) is 10.5. The second kappa shape index (κ2) is 4.97. The first kappa shape index (κ1) is 11.6.